The number of carbonyl (C=O) groups is 1. The van der Waals surface area contributed by atoms with Crippen molar-refractivity contribution in [1.82, 2.24) is 14.2 Å². The predicted octanol–water partition coefficient (Wildman–Crippen LogP) is 2.96. The number of methoxy groups -OCH3 is 1. The molecule has 2 heterocycles. The van der Waals surface area contributed by atoms with Gasteiger partial charge in [0.05, 0.1) is 35.4 Å². The monoisotopic (exact) mass is 540 g/mol. The highest BCUT2D eigenvalue weighted by atomic mass is 35.5. The molecule has 1 aliphatic rings. The fraction of sp³-hybridized carbons (Fsp3) is 0.391. The van der Waals surface area contributed by atoms with Crippen molar-refractivity contribution < 1.29 is 22.7 Å². The molecule has 0 atom stereocenters. The Balaban J connectivity index is 0.00000342. The Hall–Kier alpha value is -2.28. The van der Waals surface area contributed by atoms with Crippen LogP contribution in [0.4, 0.5) is 5.13 Å². The zero-order valence-corrected chi connectivity index (χ0v) is 22.3. The number of carbonyl (C=O) groups excluding carboxylic acids is 1. The SMILES string of the molecule is COc1ccc2nc(N(CCN(C)C)C(=O)c3ccc(S(=O)(=O)N4CCOCC4)cc3)sc2c1.Cl. The molecular weight excluding hydrogens is 512 g/mol. The second kappa shape index (κ2) is 11.6. The summed E-state index contributed by atoms with van der Waals surface area (Å²) in [5, 5.41) is 0.583. The van der Waals surface area contributed by atoms with Gasteiger partial charge in [0.15, 0.2) is 5.13 Å². The summed E-state index contributed by atoms with van der Waals surface area (Å²) in [5.41, 5.74) is 1.19. The molecule has 35 heavy (non-hydrogen) atoms. The lowest BCUT2D eigenvalue weighted by Gasteiger charge is -2.26. The van der Waals surface area contributed by atoms with Gasteiger partial charge in [-0.2, -0.15) is 4.31 Å². The molecule has 1 amide bonds. The molecule has 1 saturated heterocycles. The molecule has 4 rings (SSSR count). The minimum Gasteiger partial charge on any atom is -0.497 e. The van der Waals surface area contributed by atoms with Crippen LogP contribution >= 0.6 is 23.7 Å². The first-order chi connectivity index (χ1) is 16.3. The maximum Gasteiger partial charge on any atom is 0.260 e. The first kappa shape index (κ1) is 27.3. The number of aromatic nitrogens is 1. The molecule has 9 nitrogen and oxygen atoms in total. The topological polar surface area (TPSA) is 92.3 Å². The summed E-state index contributed by atoms with van der Waals surface area (Å²) in [6, 6.07) is 11.7. The van der Waals surface area contributed by atoms with Crippen LogP contribution in [-0.4, -0.2) is 89.1 Å². The Labute approximate surface area is 215 Å². The third kappa shape index (κ3) is 6.11. The largest absolute Gasteiger partial charge is 0.497 e. The van der Waals surface area contributed by atoms with Gasteiger partial charge in [0.1, 0.15) is 5.75 Å². The van der Waals surface area contributed by atoms with Gasteiger partial charge in [0, 0.05) is 31.7 Å². The minimum atomic E-state index is -3.62. The molecule has 1 aromatic heterocycles. The zero-order valence-electron chi connectivity index (χ0n) is 19.8. The van der Waals surface area contributed by atoms with E-state index in [1.54, 1.807) is 24.1 Å². The van der Waals surface area contributed by atoms with E-state index in [2.05, 4.69) is 4.98 Å². The van der Waals surface area contributed by atoms with E-state index in [1.807, 2.05) is 37.2 Å². The van der Waals surface area contributed by atoms with E-state index >= 15 is 0 Å². The summed E-state index contributed by atoms with van der Waals surface area (Å²) in [7, 11) is 1.87. The van der Waals surface area contributed by atoms with E-state index < -0.39 is 10.0 Å². The van der Waals surface area contributed by atoms with Gasteiger partial charge >= 0.3 is 0 Å². The van der Waals surface area contributed by atoms with E-state index in [9.17, 15) is 13.2 Å². The molecule has 2 aromatic carbocycles. The summed E-state index contributed by atoms with van der Waals surface area (Å²) in [6.45, 7) is 2.49. The molecule has 0 spiro atoms. The number of ether oxygens (including phenoxy) is 2. The summed E-state index contributed by atoms with van der Waals surface area (Å²) >= 11 is 1.42. The molecule has 0 radical (unpaired) electrons. The predicted molar refractivity (Wildman–Crippen MR) is 140 cm³/mol. The Morgan fingerprint density at radius 2 is 1.80 bits per heavy atom. The highest BCUT2D eigenvalue weighted by Gasteiger charge is 2.27. The Morgan fingerprint density at radius 1 is 1.11 bits per heavy atom. The third-order valence-electron chi connectivity index (χ3n) is 5.54. The fourth-order valence-corrected chi connectivity index (χ4v) is 6.01. The van der Waals surface area contributed by atoms with E-state index in [0.29, 0.717) is 50.1 Å². The molecule has 12 heteroatoms. The van der Waals surface area contributed by atoms with Crippen LogP contribution in [0.5, 0.6) is 5.75 Å². The lowest BCUT2D eigenvalue weighted by atomic mass is 10.2. The number of sulfonamides is 1. The number of hydrogen-bond donors (Lipinski definition) is 0. The van der Waals surface area contributed by atoms with Gasteiger partial charge in [-0.3, -0.25) is 9.69 Å². The molecule has 0 N–H and O–H groups in total. The maximum atomic E-state index is 13.5. The summed E-state index contributed by atoms with van der Waals surface area (Å²) in [4.78, 5) is 22.0. The summed E-state index contributed by atoms with van der Waals surface area (Å²) < 4.78 is 38.7. The van der Waals surface area contributed by atoms with Crippen LogP contribution in [0.25, 0.3) is 10.2 Å². The van der Waals surface area contributed by atoms with Crippen molar-refractivity contribution >= 4 is 55.0 Å². The average molecular weight is 541 g/mol. The van der Waals surface area contributed by atoms with Gasteiger partial charge in [-0.1, -0.05) is 11.3 Å². The molecule has 0 aliphatic carbocycles. The highest BCUT2D eigenvalue weighted by molar-refractivity contribution is 7.89. The number of hydrogen-bond acceptors (Lipinski definition) is 8. The second-order valence-electron chi connectivity index (χ2n) is 8.13. The van der Waals surface area contributed by atoms with Gasteiger partial charge in [0.2, 0.25) is 10.0 Å². The molecule has 3 aromatic rings. The van der Waals surface area contributed by atoms with E-state index in [4.69, 9.17) is 9.47 Å². The number of fused-ring (bicyclic) bond motifs is 1. The van der Waals surface area contributed by atoms with Crippen molar-refractivity contribution in [2.45, 2.75) is 4.90 Å². The zero-order chi connectivity index (χ0) is 24.3. The maximum absolute atomic E-state index is 13.5. The fourth-order valence-electron chi connectivity index (χ4n) is 3.58. The molecule has 1 fully saturated rings. The molecular formula is C23H29ClN4O5S2. The standard InChI is InChI=1S/C23H28N4O5S2.ClH/c1-25(2)10-11-27(23-24-20-9-6-18(31-3)16-21(20)33-23)22(28)17-4-7-19(8-5-17)34(29,30)26-12-14-32-15-13-26;/h4-9,16H,10-15H2,1-3H3;1H. The Morgan fingerprint density at radius 3 is 2.43 bits per heavy atom. The van der Waals surface area contributed by atoms with Gasteiger partial charge in [0.25, 0.3) is 5.91 Å². The Kier molecular flexibility index (Phi) is 9.08. The van der Waals surface area contributed by atoms with Crippen LogP contribution in [0, 0.1) is 0 Å². The number of halogens is 1. The quantitative estimate of drug-likeness (QED) is 0.434. The van der Waals surface area contributed by atoms with Crippen LogP contribution < -0.4 is 9.64 Å². The van der Waals surface area contributed by atoms with Crippen LogP contribution in [-0.2, 0) is 14.8 Å². The number of likely N-dealkylation sites (N-methyl/N-ethyl adjacent to an activating group) is 1. The van der Waals surface area contributed by atoms with Gasteiger partial charge in [-0.05, 0) is 56.6 Å². The number of benzene rings is 2. The van der Waals surface area contributed by atoms with Crippen LogP contribution in [0.2, 0.25) is 0 Å². The molecule has 0 saturated carbocycles. The second-order valence-corrected chi connectivity index (χ2v) is 11.1. The number of nitrogens with zero attached hydrogens (tertiary/aromatic N) is 4. The van der Waals surface area contributed by atoms with Crippen molar-refractivity contribution in [2.24, 2.45) is 0 Å². The summed E-state index contributed by atoms with van der Waals surface area (Å²) in [5.74, 6) is 0.495. The number of morpholine rings is 1. The Bertz CT molecular complexity index is 1260. The van der Waals surface area contributed by atoms with E-state index in [1.165, 1.54) is 27.8 Å². The van der Waals surface area contributed by atoms with Gasteiger partial charge in [-0.25, -0.2) is 13.4 Å². The lowest BCUT2D eigenvalue weighted by Crippen LogP contribution is -2.40. The van der Waals surface area contributed by atoms with E-state index in [0.717, 1.165) is 16.0 Å². The average Bonchev–Trinajstić information content (AvgIpc) is 3.27. The number of thiazole rings is 1. The highest BCUT2D eigenvalue weighted by Crippen LogP contribution is 2.32. The van der Waals surface area contributed by atoms with Crippen LogP contribution in [0.15, 0.2) is 47.4 Å². The van der Waals surface area contributed by atoms with Crippen LogP contribution in [0.3, 0.4) is 0 Å². The van der Waals surface area contributed by atoms with Gasteiger partial charge < -0.3 is 14.4 Å². The smallest absolute Gasteiger partial charge is 0.260 e. The first-order valence-corrected chi connectivity index (χ1v) is 13.1. The third-order valence-corrected chi connectivity index (χ3v) is 8.49. The summed E-state index contributed by atoms with van der Waals surface area (Å²) in [6.07, 6.45) is 0. The van der Waals surface area contributed by atoms with Gasteiger partial charge in [-0.15, -0.1) is 12.4 Å². The van der Waals surface area contributed by atoms with Crippen molar-refractivity contribution in [3.8, 4) is 5.75 Å². The van der Waals surface area contributed by atoms with Crippen molar-refractivity contribution in [3.05, 3.63) is 48.0 Å². The lowest BCUT2D eigenvalue weighted by molar-refractivity contribution is 0.0730. The number of amides is 1. The number of rotatable bonds is 8. The van der Waals surface area contributed by atoms with E-state index in [-0.39, 0.29) is 23.2 Å². The van der Waals surface area contributed by atoms with Crippen molar-refractivity contribution in [3.63, 3.8) is 0 Å². The first-order valence-electron chi connectivity index (χ1n) is 10.9. The minimum absolute atomic E-state index is 0. The van der Waals surface area contributed by atoms with Crippen LogP contribution in [0.1, 0.15) is 10.4 Å². The molecule has 1 aliphatic heterocycles. The normalized spacial score (nSPS) is 14.6. The molecule has 190 valence electrons. The molecule has 0 bridgehead atoms. The number of anilines is 1. The molecule has 0 unspecified atom stereocenters. The van der Waals surface area contributed by atoms with Crippen molar-refractivity contribution in [1.29, 1.82) is 0 Å². The van der Waals surface area contributed by atoms with Crippen molar-refractivity contribution in [2.75, 3.05) is 65.5 Å².